The number of hydrogen-bond donors (Lipinski definition) is 2. The number of thioether (sulfide) groups is 1. The molecule has 0 aliphatic heterocycles. The van der Waals surface area contributed by atoms with Gasteiger partial charge in [-0.15, -0.1) is 10.2 Å². The number of rotatable bonds is 8. The van der Waals surface area contributed by atoms with Gasteiger partial charge >= 0.3 is 6.18 Å². The highest BCUT2D eigenvalue weighted by atomic mass is 35.5. The van der Waals surface area contributed by atoms with E-state index >= 15 is 0 Å². The first kappa shape index (κ1) is 25.3. The molecule has 5 nitrogen and oxygen atoms in total. The maximum absolute atomic E-state index is 13.0. The molecule has 1 aromatic heterocycles. The maximum Gasteiger partial charge on any atom is 0.416 e. The first-order chi connectivity index (χ1) is 15.5. The van der Waals surface area contributed by atoms with Crippen LogP contribution < -0.4 is 10.6 Å². The van der Waals surface area contributed by atoms with E-state index in [-0.39, 0.29) is 27.6 Å². The van der Waals surface area contributed by atoms with Crippen molar-refractivity contribution in [1.82, 2.24) is 10.2 Å². The molecule has 0 saturated heterocycles. The van der Waals surface area contributed by atoms with Crippen LogP contribution in [0.25, 0.3) is 0 Å². The molecular formula is C21H19ClF4N4OS2. The van der Waals surface area contributed by atoms with Crippen LogP contribution in [-0.4, -0.2) is 22.1 Å². The predicted octanol–water partition coefficient (Wildman–Crippen LogP) is 6.72. The Labute approximate surface area is 200 Å². The number of carbonyl (C=O) groups is 1. The average molecular weight is 519 g/mol. The van der Waals surface area contributed by atoms with Crippen LogP contribution in [0, 0.1) is 11.7 Å². The zero-order valence-corrected chi connectivity index (χ0v) is 19.8. The summed E-state index contributed by atoms with van der Waals surface area (Å²) in [6.07, 6.45) is -4.51. The Morgan fingerprint density at radius 1 is 1.15 bits per heavy atom. The first-order valence-corrected chi connectivity index (χ1v) is 11.9. The number of carbonyl (C=O) groups excluding carboxylic acids is 1. The van der Waals surface area contributed by atoms with Crippen LogP contribution in [0.4, 0.5) is 28.4 Å². The minimum absolute atomic E-state index is 0.140. The number of amides is 1. The van der Waals surface area contributed by atoms with Gasteiger partial charge in [0.15, 0.2) is 4.34 Å². The van der Waals surface area contributed by atoms with Gasteiger partial charge in [0.2, 0.25) is 11.0 Å². The van der Waals surface area contributed by atoms with Crippen LogP contribution in [0.2, 0.25) is 5.02 Å². The number of halogens is 5. The topological polar surface area (TPSA) is 66.9 Å². The van der Waals surface area contributed by atoms with Crippen LogP contribution in [0.15, 0.2) is 46.8 Å². The molecule has 0 bridgehead atoms. The Bertz CT molecular complexity index is 1110. The third-order valence-electron chi connectivity index (χ3n) is 4.47. The molecule has 3 aromatic rings. The molecule has 33 heavy (non-hydrogen) atoms. The number of nitrogens with zero attached hydrogens (tertiary/aromatic N) is 2. The summed E-state index contributed by atoms with van der Waals surface area (Å²) < 4.78 is 52.2. The van der Waals surface area contributed by atoms with Gasteiger partial charge in [-0.2, -0.15) is 13.2 Å². The summed E-state index contributed by atoms with van der Waals surface area (Å²) >= 11 is 8.59. The molecule has 1 amide bonds. The number of nitrogens with one attached hydrogen (secondary N) is 2. The summed E-state index contributed by atoms with van der Waals surface area (Å²) in [5.41, 5.74) is 0.258. The van der Waals surface area contributed by atoms with Gasteiger partial charge < -0.3 is 5.32 Å². The van der Waals surface area contributed by atoms with E-state index in [1.807, 2.05) is 0 Å². The molecule has 0 aliphatic rings. The van der Waals surface area contributed by atoms with Crippen molar-refractivity contribution >= 4 is 51.4 Å². The minimum atomic E-state index is -4.51. The van der Waals surface area contributed by atoms with Crippen molar-refractivity contribution in [3.63, 3.8) is 0 Å². The molecule has 0 saturated carbocycles. The summed E-state index contributed by atoms with van der Waals surface area (Å²) in [7, 11) is 0. The summed E-state index contributed by atoms with van der Waals surface area (Å²) in [4.78, 5) is 12.8. The quantitative estimate of drug-likeness (QED) is 0.197. The Morgan fingerprint density at radius 3 is 2.45 bits per heavy atom. The summed E-state index contributed by atoms with van der Waals surface area (Å²) in [6.45, 7) is 3.58. The lowest BCUT2D eigenvalue weighted by Crippen LogP contribution is -2.39. The lowest BCUT2D eigenvalue weighted by Gasteiger charge is -2.23. The highest BCUT2D eigenvalue weighted by Gasteiger charge is 2.31. The van der Waals surface area contributed by atoms with Crippen molar-refractivity contribution in [2.24, 2.45) is 5.92 Å². The SMILES string of the molecule is CC(C)C(Nc1ccc(C(F)(F)F)cc1Cl)C(=O)Nc1nnc(SCc2ccc(F)cc2)s1. The van der Waals surface area contributed by atoms with E-state index < -0.39 is 23.7 Å². The van der Waals surface area contributed by atoms with Gasteiger partial charge in [0.05, 0.1) is 16.3 Å². The van der Waals surface area contributed by atoms with Gasteiger partial charge in [-0.1, -0.05) is 60.7 Å². The fraction of sp³-hybridized carbons (Fsp3) is 0.286. The molecule has 1 atom stereocenters. The van der Waals surface area contributed by atoms with Crippen molar-refractivity contribution in [2.45, 2.75) is 36.2 Å². The molecule has 0 radical (unpaired) electrons. The lowest BCUT2D eigenvalue weighted by atomic mass is 10.0. The number of hydrogen-bond acceptors (Lipinski definition) is 6. The van der Waals surface area contributed by atoms with E-state index in [1.165, 1.54) is 41.3 Å². The Kier molecular flexibility index (Phi) is 8.19. The number of alkyl halides is 3. The van der Waals surface area contributed by atoms with E-state index in [4.69, 9.17) is 11.6 Å². The summed E-state index contributed by atoms with van der Waals surface area (Å²) in [5, 5.41) is 13.7. The lowest BCUT2D eigenvalue weighted by molar-refractivity contribution is -0.137. The number of aromatic nitrogens is 2. The third-order valence-corrected chi connectivity index (χ3v) is 6.82. The largest absolute Gasteiger partial charge is 0.416 e. The highest BCUT2D eigenvalue weighted by Crippen LogP contribution is 2.34. The van der Waals surface area contributed by atoms with Crippen LogP contribution >= 0.6 is 34.7 Å². The fourth-order valence-corrected chi connectivity index (χ4v) is 4.68. The standard InChI is InChI=1S/C21H19ClF4N4OS2/c1-11(2)17(27-16-8-5-13(9-15(16)22)21(24,25)26)18(31)28-19-29-30-20(33-19)32-10-12-3-6-14(23)7-4-12/h3-9,11,17,27H,10H2,1-2H3,(H,28,29,31). The van der Waals surface area contributed by atoms with Crippen LogP contribution in [-0.2, 0) is 16.7 Å². The second kappa shape index (κ2) is 10.7. The molecular weight excluding hydrogens is 500 g/mol. The van der Waals surface area contributed by atoms with Crippen molar-refractivity contribution < 1.29 is 22.4 Å². The monoisotopic (exact) mass is 518 g/mol. The van der Waals surface area contributed by atoms with Gasteiger partial charge in [0, 0.05) is 5.75 Å². The number of anilines is 2. The van der Waals surface area contributed by atoms with Crippen LogP contribution in [0.1, 0.15) is 25.0 Å². The normalized spacial score (nSPS) is 12.6. The van der Waals surface area contributed by atoms with Crippen molar-refractivity contribution in [1.29, 1.82) is 0 Å². The smallest absolute Gasteiger partial charge is 0.372 e. The molecule has 1 heterocycles. The van der Waals surface area contributed by atoms with Crippen molar-refractivity contribution in [2.75, 3.05) is 10.6 Å². The van der Waals surface area contributed by atoms with E-state index in [0.29, 0.717) is 10.1 Å². The number of benzene rings is 2. The molecule has 1 unspecified atom stereocenters. The minimum Gasteiger partial charge on any atom is -0.372 e. The van der Waals surface area contributed by atoms with Gasteiger partial charge in [-0.25, -0.2) is 4.39 Å². The summed E-state index contributed by atoms with van der Waals surface area (Å²) in [5.74, 6) is -0.378. The average Bonchev–Trinajstić information content (AvgIpc) is 3.18. The van der Waals surface area contributed by atoms with Gasteiger partial charge in [-0.3, -0.25) is 10.1 Å². The van der Waals surface area contributed by atoms with E-state index in [9.17, 15) is 22.4 Å². The molecule has 12 heteroatoms. The highest BCUT2D eigenvalue weighted by molar-refractivity contribution is 8.00. The van der Waals surface area contributed by atoms with Crippen LogP contribution in [0.3, 0.4) is 0 Å². The Hall–Kier alpha value is -2.37. The van der Waals surface area contributed by atoms with E-state index in [0.717, 1.165) is 17.7 Å². The van der Waals surface area contributed by atoms with Crippen molar-refractivity contribution in [3.05, 3.63) is 64.4 Å². The molecule has 2 aromatic carbocycles. The van der Waals surface area contributed by atoms with E-state index in [2.05, 4.69) is 20.8 Å². The molecule has 0 fully saturated rings. The van der Waals surface area contributed by atoms with Gasteiger partial charge in [0.1, 0.15) is 11.9 Å². The molecule has 0 spiro atoms. The van der Waals surface area contributed by atoms with E-state index in [1.54, 1.807) is 26.0 Å². The van der Waals surface area contributed by atoms with Crippen LogP contribution in [0.5, 0.6) is 0 Å². The zero-order valence-electron chi connectivity index (χ0n) is 17.4. The predicted molar refractivity (Wildman–Crippen MR) is 123 cm³/mol. The van der Waals surface area contributed by atoms with Gasteiger partial charge in [-0.05, 0) is 41.8 Å². The molecule has 176 valence electrons. The first-order valence-electron chi connectivity index (χ1n) is 9.68. The Balaban J connectivity index is 1.63. The molecule has 2 N–H and O–H groups in total. The zero-order chi connectivity index (χ0) is 24.2. The molecule has 3 rings (SSSR count). The third kappa shape index (κ3) is 7.05. The second-order valence-corrected chi connectivity index (χ2v) is 9.94. The molecule has 0 aliphatic carbocycles. The fourth-order valence-electron chi connectivity index (χ4n) is 2.74. The van der Waals surface area contributed by atoms with Gasteiger partial charge in [0.25, 0.3) is 0 Å². The second-order valence-electron chi connectivity index (χ2n) is 7.34. The maximum atomic E-state index is 13.0. The Morgan fingerprint density at radius 2 is 1.85 bits per heavy atom. The van der Waals surface area contributed by atoms with Crippen molar-refractivity contribution in [3.8, 4) is 0 Å². The summed E-state index contributed by atoms with van der Waals surface area (Å²) in [6, 6.07) is 8.25.